The van der Waals surface area contributed by atoms with Crippen molar-refractivity contribution in [3.63, 3.8) is 0 Å². The number of rotatable bonds is 15. The van der Waals surface area contributed by atoms with E-state index in [1.807, 2.05) is 6.07 Å². The van der Waals surface area contributed by atoms with Crippen molar-refractivity contribution in [2.45, 2.75) is 98.3 Å². The molecule has 0 aromatic heterocycles. The Morgan fingerprint density at radius 3 is 1.96 bits per heavy atom. The third kappa shape index (κ3) is 7.22. The normalized spacial score (nSPS) is 13.4. The average Bonchev–Trinajstić information content (AvgIpc) is 2.72. The lowest BCUT2D eigenvalue weighted by molar-refractivity contribution is 0.332. The van der Waals surface area contributed by atoms with E-state index in [1.165, 1.54) is 62.5 Å². The maximum atomic E-state index is 10.6. The number of methoxy groups -OCH3 is 2. The van der Waals surface area contributed by atoms with Gasteiger partial charge in [0.1, 0.15) is 0 Å². The van der Waals surface area contributed by atoms with Crippen molar-refractivity contribution >= 4 is 0 Å². The Morgan fingerprint density at radius 2 is 1.46 bits per heavy atom. The molecule has 0 spiro atoms. The molecule has 1 aromatic rings. The molecular formula is C25H44O3. The van der Waals surface area contributed by atoms with Gasteiger partial charge in [-0.1, -0.05) is 79.1 Å². The number of hydrogen-bond acceptors (Lipinski definition) is 3. The summed E-state index contributed by atoms with van der Waals surface area (Å²) in [6.45, 7) is 9.09. The SMILES string of the molecule is CCCCC(CC)CCc1cc(OC)c(O)c(OC)c1CC(CC)CCCC. The Kier molecular flexibility index (Phi) is 12.1. The van der Waals surface area contributed by atoms with Gasteiger partial charge in [-0.3, -0.25) is 0 Å². The van der Waals surface area contributed by atoms with Gasteiger partial charge in [0.05, 0.1) is 14.2 Å². The van der Waals surface area contributed by atoms with Crippen LogP contribution < -0.4 is 9.47 Å². The van der Waals surface area contributed by atoms with Gasteiger partial charge in [0.25, 0.3) is 0 Å². The molecule has 2 unspecified atom stereocenters. The quantitative estimate of drug-likeness (QED) is 0.340. The fraction of sp³-hybridized carbons (Fsp3) is 0.760. The molecule has 0 saturated heterocycles. The minimum absolute atomic E-state index is 0.145. The Labute approximate surface area is 173 Å². The van der Waals surface area contributed by atoms with Crippen molar-refractivity contribution in [2.24, 2.45) is 11.8 Å². The van der Waals surface area contributed by atoms with Gasteiger partial charge in [0, 0.05) is 5.56 Å². The Hall–Kier alpha value is -1.38. The van der Waals surface area contributed by atoms with Crippen LogP contribution in [0.1, 0.15) is 96.6 Å². The molecule has 1 rings (SSSR count). The van der Waals surface area contributed by atoms with Gasteiger partial charge >= 0.3 is 0 Å². The largest absolute Gasteiger partial charge is 0.502 e. The maximum Gasteiger partial charge on any atom is 0.201 e. The highest BCUT2D eigenvalue weighted by Crippen LogP contribution is 2.43. The number of aromatic hydroxyl groups is 1. The van der Waals surface area contributed by atoms with Crippen molar-refractivity contribution in [1.29, 1.82) is 0 Å². The van der Waals surface area contributed by atoms with E-state index < -0.39 is 0 Å². The standard InChI is InChI=1S/C25H44O3/c1-7-11-13-19(9-3)15-16-21-18-23(27-5)24(26)25(28-6)22(21)17-20(10-4)14-12-8-2/h18-20,26H,7-17H2,1-6H3. The minimum atomic E-state index is 0.145. The van der Waals surface area contributed by atoms with Crippen molar-refractivity contribution < 1.29 is 14.6 Å². The van der Waals surface area contributed by atoms with Crippen LogP contribution >= 0.6 is 0 Å². The number of ether oxygens (including phenoxy) is 2. The summed E-state index contributed by atoms with van der Waals surface area (Å²) in [5, 5.41) is 10.6. The van der Waals surface area contributed by atoms with Gasteiger partial charge in [0.2, 0.25) is 5.75 Å². The minimum Gasteiger partial charge on any atom is -0.502 e. The van der Waals surface area contributed by atoms with Gasteiger partial charge in [0.15, 0.2) is 11.5 Å². The smallest absolute Gasteiger partial charge is 0.201 e. The first-order valence-electron chi connectivity index (χ1n) is 11.5. The lowest BCUT2D eigenvalue weighted by atomic mass is 9.86. The molecule has 0 aliphatic heterocycles. The van der Waals surface area contributed by atoms with Crippen LogP contribution in [-0.2, 0) is 12.8 Å². The summed E-state index contributed by atoms with van der Waals surface area (Å²) in [5.74, 6) is 2.68. The molecule has 28 heavy (non-hydrogen) atoms. The molecule has 0 aliphatic rings. The topological polar surface area (TPSA) is 38.7 Å². The number of phenolic OH excluding ortho intramolecular Hbond substituents is 1. The first kappa shape index (κ1) is 24.7. The number of benzene rings is 1. The van der Waals surface area contributed by atoms with Gasteiger partial charge in [-0.25, -0.2) is 0 Å². The molecule has 1 N–H and O–H groups in total. The summed E-state index contributed by atoms with van der Waals surface area (Å²) in [4.78, 5) is 0. The van der Waals surface area contributed by atoms with Crippen molar-refractivity contribution in [2.75, 3.05) is 14.2 Å². The number of unbranched alkanes of at least 4 members (excludes halogenated alkanes) is 2. The molecule has 0 fully saturated rings. The van der Waals surface area contributed by atoms with Crippen LogP contribution in [0.15, 0.2) is 6.07 Å². The molecule has 162 valence electrons. The third-order valence-corrected chi connectivity index (χ3v) is 6.24. The summed E-state index contributed by atoms with van der Waals surface area (Å²) in [7, 11) is 3.27. The van der Waals surface area contributed by atoms with Crippen LogP contribution in [-0.4, -0.2) is 19.3 Å². The van der Waals surface area contributed by atoms with E-state index in [9.17, 15) is 5.11 Å². The number of hydrogen-bond donors (Lipinski definition) is 1. The van der Waals surface area contributed by atoms with Gasteiger partial charge in [-0.15, -0.1) is 0 Å². The molecule has 0 bridgehead atoms. The van der Waals surface area contributed by atoms with E-state index in [2.05, 4.69) is 27.7 Å². The molecule has 0 radical (unpaired) electrons. The van der Waals surface area contributed by atoms with Gasteiger partial charge in [-0.05, 0) is 42.7 Å². The Bertz CT molecular complexity index is 553. The molecule has 3 nitrogen and oxygen atoms in total. The lowest BCUT2D eigenvalue weighted by Crippen LogP contribution is -2.10. The summed E-state index contributed by atoms with van der Waals surface area (Å²) in [5.41, 5.74) is 2.48. The number of phenols is 1. The van der Waals surface area contributed by atoms with Crippen LogP contribution in [0, 0.1) is 11.8 Å². The fourth-order valence-corrected chi connectivity index (χ4v) is 4.17. The van der Waals surface area contributed by atoms with Crippen LogP contribution in [0.5, 0.6) is 17.2 Å². The summed E-state index contributed by atoms with van der Waals surface area (Å²) >= 11 is 0. The zero-order valence-electron chi connectivity index (χ0n) is 19.3. The highest BCUT2D eigenvalue weighted by molar-refractivity contribution is 5.58. The highest BCUT2D eigenvalue weighted by Gasteiger charge is 2.22. The van der Waals surface area contributed by atoms with E-state index in [0.717, 1.165) is 25.2 Å². The molecule has 0 heterocycles. The molecule has 0 saturated carbocycles. The van der Waals surface area contributed by atoms with Crippen LogP contribution in [0.2, 0.25) is 0 Å². The molecule has 0 aliphatic carbocycles. The van der Waals surface area contributed by atoms with E-state index in [4.69, 9.17) is 9.47 Å². The molecule has 3 heteroatoms. The molecule has 0 amide bonds. The van der Waals surface area contributed by atoms with E-state index in [0.29, 0.717) is 17.4 Å². The van der Waals surface area contributed by atoms with Crippen molar-refractivity contribution in [3.8, 4) is 17.2 Å². The monoisotopic (exact) mass is 392 g/mol. The van der Waals surface area contributed by atoms with E-state index in [1.54, 1.807) is 14.2 Å². The fourth-order valence-electron chi connectivity index (χ4n) is 4.17. The first-order chi connectivity index (χ1) is 13.6. The molecule has 1 aromatic carbocycles. The average molecular weight is 393 g/mol. The van der Waals surface area contributed by atoms with Crippen LogP contribution in [0.3, 0.4) is 0 Å². The van der Waals surface area contributed by atoms with Crippen molar-refractivity contribution in [3.05, 3.63) is 17.2 Å². The van der Waals surface area contributed by atoms with Gasteiger partial charge < -0.3 is 14.6 Å². The second-order valence-corrected chi connectivity index (χ2v) is 8.17. The predicted molar refractivity (Wildman–Crippen MR) is 120 cm³/mol. The van der Waals surface area contributed by atoms with E-state index >= 15 is 0 Å². The van der Waals surface area contributed by atoms with Crippen molar-refractivity contribution in [1.82, 2.24) is 0 Å². The summed E-state index contributed by atoms with van der Waals surface area (Å²) in [6, 6.07) is 2.05. The Balaban J connectivity index is 3.16. The second-order valence-electron chi connectivity index (χ2n) is 8.17. The lowest BCUT2D eigenvalue weighted by Gasteiger charge is -2.23. The summed E-state index contributed by atoms with van der Waals surface area (Å²) in [6.07, 6.45) is 13.2. The zero-order chi connectivity index (χ0) is 20.9. The maximum absolute atomic E-state index is 10.6. The van der Waals surface area contributed by atoms with E-state index in [-0.39, 0.29) is 5.75 Å². The Morgan fingerprint density at radius 1 is 0.857 bits per heavy atom. The number of aryl methyl sites for hydroxylation is 1. The van der Waals surface area contributed by atoms with Crippen LogP contribution in [0.4, 0.5) is 0 Å². The molecule has 2 atom stereocenters. The third-order valence-electron chi connectivity index (χ3n) is 6.24. The zero-order valence-corrected chi connectivity index (χ0v) is 19.3. The second kappa shape index (κ2) is 13.7. The first-order valence-corrected chi connectivity index (χ1v) is 11.5. The van der Waals surface area contributed by atoms with Gasteiger partial charge in [-0.2, -0.15) is 0 Å². The summed E-state index contributed by atoms with van der Waals surface area (Å²) < 4.78 is 11.1. The predicted octanol–water partition coefficient (Wildman–Crippen LogP) is 7.32. The van der Waals surface area contributed by atoms with Crippen LogP contribution in [0.25, 0.3) is 0 Å². The highest BCUT2D eigenvalue weighted by atomic mass is 16.5. The molecular weight excluding hydrogens is 348 g/mol.